The Labute approximate surface area is 165 Å². The predicted octanol–water partition coefficient (Wildman–Crippen LogP) is -0.118. The van der Waals surface area contributed by atoms with Crippen molar-refractivity contribution in [2.24, 2.45) is 0 Å². The third-order valence-corrected chi connectivity index (χ3v) is 4.63. The molecule has 2 N–H and O–H groups in total. The van der Waals surface area contributed by atoms with Crippen LogP contribution < -0.4 is 0 Å². The summed E-state index contributed by atoms with van der Waals surface area (Å²) >= 11 is 0. The number of rotatable bonds is 4. The topological polar surface area (TPSA) is 156 Å². The zero-order valence-electron chi connectivity index (χ0n) is 16.3. The van der Waals surface area contributed by atoms with Crippen LogP contribution in [0.3, 0.4) is 0 Å². The lowest BCUT2D eigenvalue weighted by molar-refractivity contribution is -0.136. The maximum Gasteiger partial charge on any atom is 0.333 e. The first kappa shape index (κ1) is 21.6. The van der Waals surface area contributed by atoms with Crippen molar-refractivity contribution in [3.05, 3.63) is 22.7 Å². The third kappa shape index (κ3) is 3.56. The lowest BCUT2D eigenvalue weighted by Crippen LogP contribution is -2.53. The normalized spacial score (nSPS) is 18.3. The molecule has 0 saturated carbocycles. The van der Waals surface area contributed by atoms with Crippen LogP contribution in [-0.2, 0) is 19.2 Å². The van der Waals surface area contributed by atoms with Gasteiger partial charge in [0.25, 0.3) is 23.6 Å². The van der Waals surface area contributed by atoms with Gasteiger partial charge < -0.3 is 10.2 Å². The van der Waals surface area contributed by atoms with Crippen LogP contribution in [0.4, 0.5) is 9.59 Å². The molecule has 156 valence electrons. The van der Waals surface area contributed by atoms with Crippen molar-refractivity contribution >= 4 is 35.7 Å². The van der Waals surface area contributed by atoms with Crippen molar-refractivity contribution in [1.29, 1.82) is 0 Å². The van der Waals surface area contributed by atoms with E-state index in [1.54, 1.807) is 0 Å². The number of likely N-dealkylation sites (N-methyl/N-ethyl adjacent to an activating group) is 4. The molecule has 2 aliphatic heterocycles. The first-order valence-corrected chi connectivity index (χ1v) is 8.46. The molecule has 2 fully saturated rings. The van der Waals surface area contributed by atoms with Gasteiger partial charge in [0.15, 0.2) is 0 Å². The number of amides is 8. The average molecular weight is 408 g/mol. The first-order chi connectivity index (χ1) is 13.4. The number of imide groups is 4. The van der Waals surface area contributed by atoms with Gasteiger partial charge in [-0.05, 0) is 6.42 Å². The lowest BCUT2D eigenvalue weighted by Gasteiger charge is -2.29. The van der Waals surface area contributed by atoms with E-state index in [2.05, 4.69) is 0 Å². The number of carbonyl (C=O) groups excluding carboxylic acids is 6. The number of carbonyl (C=O) groups is 6. The number of hydrogen-bond acceptors (Lipinski definition) is 8. The summed E-state index contributed by atoms with van der Waals surface area (Å²) in [6.07, 6.45) is -0.519. The summed E-state index contributed by atoms with van der Waals surface area (Å²) in [4.78, 5) is 74.6. The molecule has 2 saturated heterocycles. The quantitative estimate of drug-likeness (QED) is 0.370. The van der Waals surface area contributed by atoms with Gasteiger partial charge in [0.2, 0.25) is 0 Å². The Hall–Kier alpha value is -3.70. The van der Waals surface area contributed by atoms with E-state index in [1.165, 1.54) is 0 Å². The molecule has 0 aromatic carbocycles. The summed E-state index contributed by atoms with van der Waals surface area (Å²) in [5.41, 5.74) is -1.15. The van der Waals surface area contributed by atoms with Gasteiger partial charge in [0.1, 0.15) is 22.7 Å². The Bertz CT molecular complexity index is 779. The van der Waals surface area contributed by atoms with Crippen molar-refractivity contribution in [2.75, 3.05) is 28.2 Å². The van der Waals surface area contributed by atoms with E-state index in [-0.39, 0.29) is 19.3 Å². The summed E-state index contributed by atoms with van der Waals surface area (Å²) in [5, 5.41) is 20.3. The third-order valence-electron chi connectivity index (χ3n) is 4.63. The molecule has 0 aromatic rings. The smallest absolute Gasteiger partial charge is 0.333 e. The SMILES string of the molecule is CN1C(=O)C(=C(O)CCCC(O)=C2C(=O)N(C)C(=O)N(C)C2=O)C(=O)N(C)C1=O. The van der Waals surface area contributed by atoms with Gasteiger partial charge in [-0.15, -0.1) is 0 Å². The summed E-state index contributed by atoms with van der Waals surface area (Å²) in [6, 6.07) is -1.67. The molecule has 12 nitrogen and oxygen atoms in total. The number of aliphatic hydroxyl groups is 2. The van der Waals surface area contributed by atoms with Gasteiger partial charge in [-0.2, -0.15) is 0 Å². The maximum absolute atomic E-state index is 12.1. The van der Waals surface area contributed by atoms with E-state index in [0.29, 0.717) is 19.6 Å². The van der Waals surface area contributed by atoms with Gasteiger partial charge in [0, 0.05) is 41.0 Å². The van der Waals surface area contributed by atoms with Gasteiger partial charge in [-0.25, -0.2) is 9.59 Å². The van der Waals surface area contributed by atoms with Crippen LogP contribution in [0.5, 0.6) is 0 Å². The standard InChI is InChI=1S/C17H20N4O8/c1-18-12(24)10(13(25)19(2)16(18)28)8(22)6-5-7-9(23)11-14(26)20(3)17(29)21(4)15(11)27/h22-23H,5-7H2,1-4H3. The second kappa shape index (κ2) is 7.73. The fourth-order valence-corrected chi connectivity index (χ4v) is 2.82. The number of barbiturate groups is 2. The van der Waals surface area contributed by atoms with E-state index in [0.717, 1.165) is 28.2 Å². The number of urea groups is 2. The number of hydrogen-bond donors (Lipinski definition) is 2. The highest BCUT2D eigenvalue weighted by atomic mass is 16.3. The molecule has 2 rings (SSSR count). The van der Waals surface area contributed by atoms with Gasteiger partial charge in [-0.3, -0.25) is 38.8 Å². The number of allylic oxidation sites excluding steroid dienone is 2. The van der Waals surface area contributed by atoms with Gasteiger partial charge >= 0.3 is 12.1 Å². The molecule has 12 heteroatoms. The Morgan fingerprint density at radius 2 is 0.828 bits per heavy atom. The summed E-state index contributed by atoms with van der Waals surface area (Å²) in [5.74, 6) is -5.02. The van der Waals surface area contributed by atoms with Crippen molar-refractivity contribution < 1.29 is 39.0 Å². The second-order valence-corrected chi connectivity index (χ2v) is 6.52. The van der Waals surface area contributed by atoms with Crippen molar-refractivity contribution in [3.63, 3.8) is 0 Å². The number of nitrogens with zero attached hydrogens (tertiary/aromatic N) is 4. The molecule has 29 heavy (non-hydrogen) atoms. The summed E-state index contributed by atoms with van der Waals surface area (Å²) < 4.78 is 0. The molecule has 0 atom stereocenters. The summed E-state index contributed by atoms with van der Waals surface area (Å²) in [7, 11) is 4.63. The predicted molar refractivity (Wildman–Crippen MR) is 95.0 cm³/mol. The lowest BCUT2D eigenvalue weighted by atomic mass is 10.0. The highest BCUT2D eigenvalue weighted by Gasteiger charge is 2.41. The molecule has 2 aliphatic rings. The van der Waals surface area contributed by atoms with Crippen LogP contribution in [0.1, 0.15) is 19.3 Å². The molecule has 0 aliphatic carbocycles. The van der Waals surface area contributed by atoms with E-state index < -0.39 is 58.4 Å². The van der Waals surface area contributed by atoms with E-state index in [4.69, 9.17) is 0 Å². The van der Waals surface area contributed by atoms with Crippen molar-refractivity contribution in [1.82, 2.24) is 19.6 Å². The molecule has 0 aromatic heterocycles. The first-order valence-electron chi connectivity index (χ1n) is 8.46. The zero-order chi connectivity index (χ0) is 22.2. The Kier molecular flexibility index (Phi) is 5.76. The molecule has 2 heterocycles. The molecule has 0 spiro atoms. The highest BCUT2D eigenvalue weighted by Crippen LogP contribution is 2.23. The molecule has 8 amide bonds. The van der Waals surface area contributed by atoms with Crippen molar-refractivity contribution in [2.45, 2.75) is 19.3 Å². The minimum absolute atomic E-state index is 0.0332. The molecular weight excluding hydrogens is 388 g/mol. The zero-order valence-corrected chi connectivity index (χ0v) is 16.3. The van der Waals surface area contributed by atoms with Crippen LogP contribution >= 0.6 is 0 Å². The Morgan fingerprint density at radius 1 is 0.586 bits per heavy atom. The fraction of sp³-hybridized carbons (Fsp3) is 0.412. The molecule has 0 bridgehead atoms. The Balaban J connectivity index is 2.18. The van der Waals surface area contributed by atoms with E-state index >= 15 is 0 Å². The van der Waals surface area contributed by atoms with Crippen LogP contribution in [-0.4, -0.2) is 93.7 Å². The maximum atomic E-state index is 12.1. The van der Waals surface area contributed by atoms with E-state index in [1.807, 2.05) is 0 Å². The number of aliphatic hydroxyl groups excluding tert-OH is 2. The van der Waals surface area contributed by atoms with Crippen molar-refractivity contribution in [3.8, 4) is 0 Å². The van der Waals surface area contributed by atoms with Crippen LogP contribution in [0.25, 0.3) is 0 Å². The van der Waals surface area contributed by atoms with Gasteiger partial charge in [0.05, 0.1) is 0 Å². The second-order valence-electron chi connectivity index (χ2n) is 6.52. The van der Waals surface area contributed by atoms with Crippen LogP contribution in [0.15, 0.2) is 22.7 Å². The minimum atomic E-state index is -0.961. The van der Waals surface area contributed by atoms with Crippen LogP contribution in [0, 0.1) is 0 Å². The minimum Gasteiger partial charge on any atom is -0.511 e. The van der Waals surface area contributed by atoms with Crippen LogP contribution in [0.2, 0.25) is 0 Å². The molecule has 0 radical (unpaired) electrons. The van der Waals surface area contributed by atoms with E-state index in [9.17, 15) is 39.0 Å². The van der Waals surface area contributed by atoms with Gasteiger partial charge in [-0.1, -0.05) is 0 Å². The molecular formula is C17H20N4O8. The largest absolute Gasteiger partial charge is 0.511 e. The Morgan fingerprint density at radius 3 is 1.07 bits per heavy atom. The average Bonchev–Trinajstić information content (AvgIpc) is 2.68. The molecule has 0 unspecified atom stereocenters. The summed E-state index contributed by atoms with van der Waals surface area (Å²) in [6.45, 7) is 0. The highest BCUT2D eigenvalue weighted by molar-refractivity contribution is 6.29. The fourth-order valence-electron chi connectivity index (χ4n) is 2.82. The monoisotopic (exact) mass is 408 g/mol.